The highest BCUT2D eigenvalue weighted by molar-refractivity contribution is 7.15. The lowest BCUT2D eigenvalue weighted by atomic mass is 9.98. The van der Waals surface area contributed by atoms with Crippen LogP contribution in [0, 0.1) is 6.92 Å². The molecule has 25 heavy (non-hydrogen) atoms. The van der Waals surface area contributed by atoms with Crippen LogP contribution < -0.4 is 0 Å². The fourth-order valence-corrected chi connectivity index (χ4v) is 5.65. The van der Waals surface area contributed by atoms with Gasteiger partial charge < -0.3 is 4.42 Å². The SMILES string of the molecule is CCc1sc(-c2nnc(CN3CCc4sccc4[C@H]3CC)o2)cc1C. The highest BCUT2D eigenvalue weighted by Gasteiger charge is 2.28. The van der Waals surface area contributed by atoms with Gasteiger partial charge in [-0.05, 0) is 54.8 Å². The Hall–Kier alpha value is -1.50. The summed E-state index contributed by atoms with van der Waals surface area (Å²) in [6, 6.07) is 4.90. The van der Waals surface area contributed by atoms with Gasteiger partial charge in [-0.2, -0.15) is 0 Å². The standard InChI is InChI=1S/C19H23N3OS2/c1-4-14-13-7-9-24-16(13)6-8-22(14)11-18-20-21-19(23-18)17-10-12(3)15(5-2)25-17/h7,9-10,14H,4-6,8,11H2,1-3H3/t14-/m1/s1. The van der Waals surface area contributed by atoms with Gasteiger partial charge in [0.1, 0.15) is 0 Å². The van der Waals surface area contributed by atoms with Crippen molar-refractivity contribution in [3.63, 3.8) is 0 Å². The minimum Gasteiger partial charge on any atom is -0.419 e. The van der Waals surface area contributed by atoms with E-state index in [0.717, 1.165) is 43.1 Å². The summed E-state index contributed by atoms with van der Waals surface area (Å²) in [5.41, 5.74) is 2.80. The molecule has 4 nitrogen and oxygen atoms in total. The quantitative estimate of drug-likeness (QED) is 0.613. The molecule has 1 aliphatic heterocycles. The molecule has 0 saturated carbocycles. The van der Waals surface area contributed by atoms with E-state index in [1.165, 1.54) is 20.9 Å². The lowest BCUT2D eigenvalue weighted by molar-refractivity contribution is 0.157. The summed E-state index contributed by atoms with van der Waals surface area (Å²) in [6.45, 7) is 8.37. The largest absolute Gasteiger partial charge is 0.419 e. The number of fused-ring (bicyclic) bond motifs is 1. The molecule has 0 bridgehead atoms. The number of aryl methyl sites for hydroxylation is 2. The molecule has 0 fully saturated rings. The zero-order chi connectivity index (χ0) is 17.4. The van der Waals surface area contributed by atoms with Crippen LogP contribution in [0.1, 0.15) is 53.1 Å². The monoisotopic (exact) mass is 373 g/mol. The van der Waals surface area contributed by atoms with Crippen molar-refractivity contribution in [1.82, 2.24) is 15.1 Å². The Morgan fingerprint density at radius 1 is 1.32 bits per heavy atom. The van der Waals surface area contributed by atoms with Crippen molar-refractivity contribution in [1.29, 1.82) is 0 Å². The van der Waals surface area contributed by atoms with E-state index in [0.29, 0.717) is 11.9 Å². The Balaban J connectivity index is 1.53. The summed E-state index contributed by atoms with van der Waals surface area (Å²) in [6.07, 6.45) is 3.27. The Kier molecular flexibility index (Phi) is 4.75. The van der Waals surface area contributed by atoms with Crippen LogP contribution in [-0.2, 0) is 19.4 Å². The maximum atomic E-state index is 6.00. The van der Waals surface area contributed by atoms with E-state index in [-0.39, 0.29) is 0 Å². The molecule has 0 amide bonds. The first-order valence-corrected chi connectivity index (χ1v) is 10.6. The van der Waals surface area contributed by atoms with Crippen molar-refractivity contribution < 1.29 is 4.42 Å². The lowest BCUT2D eigenvalue weighted by Crippen LogP contribution is -2.34. The molecule has 0 unspecified atom stereocenters. The molecule has 132 valence electrons. The zero-order valence-electron chi connectivity index (χ0n) is 14.9. The maximum absolute atomic E-state index is 6.00. The van der Waals surface area contributed by atoms with E-state index in [2.05, 4.69) is 53.4 Å². The van der Waals surface area contributed by atoms with Crippen molar-refractivity contribution in [2.75, 3.05) is 6.54 Å². The van der Waals surface area contributed by atoms with Gasteiger partial charge in [-0.15, -0.1) is 32.9 Å². The van der Waals surface area contributed by atoms with Crippen LogP contribution in [0.5, 0.6) is 0 Å². The van der Waals surface area contributed by atoms with E-state index >= 15 is 0 Å². The molecule has 3 aromatic rings. The Morgan fingerprint density at radius 3 is 2.96 bits per heavy atom. The van der Waals surface area contributed by atoms with Crippen molar-refractivity contribution in [2.45, 2.75) is 52.6 Å². The van der Waals surface area contributed by atoms with Gasteiger partial charge in [-0.1, -0.05) is 13.8 Å². The molecule has 3 aromatic heterocycles. The molecule has 0 spiro atoms. The van der Waals surface area contributed by atoms with E-state index < -0.39 is 0 Å². The first-order valence-electron chi connectivity index (χ1n) is 8.92. The highest BCUT2D eigenvalue weighted by Crippen LogP contribution is 2.36. The molecular formula is C19H23N3OS2. The summed E-state index contributed by atoms with van der Waals surface area (Å²) in [5.74, 6) is 1.38. The molecule has 6 heteroatoms. The Morgan fingerprint density at radius 2 is 2.20 bits per heavy atom. The molecular weight excluding hydrogens is 350 g/mol. The molecule has 0 aliphatic carbocycles. The predicted molar refractivity (Wildman–Crippen MR) is 103 cm³/mol. The number of aromatic nitrogens is 2. The van der Waals surface area contributed by atoms with E-state index in [4.69, 9.17) is 4.42 Å². The summed E-state index contributed by atoms with van der Waals surface area (Å²) in [7, 11) is 0. The van der Waals surface area contributed by atoms with Crippen LogP contribution in [0.2, 0.25) is 0 Å². The summed E-state index contributed by atoms with van der Waals surface area (Å²) in [4.78, 5) is 6.49. The molecule has 0 radical (unpaired) electrons. The van der Waals surface area contributed by atoms with E-state index in [9.17, 15) is 0 Å². The first kappa shape index (κ1) is 16.9. The van der Waals surface area contributed by atoms with Gasteiger partial charge in [0.05, 0.1) is 11.4 Å². The average Bonchev–Trinajstić information content (AvgIpc) is 3.33. The minimum absolute atomic E-state index is 0.459. The Labute approximate surface area is 156 Å². The van der Waals surface area contributed by atoms with E-state index in [1.807, 2.05) is 11.3 Å². The van der Waals surface area contributed by atoms with Crippen molar-refractivity contribution >= 4 is 22.7 Å². The third-order valence-corrected chi connectivity index (χ3v) is 7.32. The van der Waals surface area contributed by atoms with Gasteiger partial charge in [-0.3, -0.25) is 4.90 Å². The normalized spacial score (nSPS) is 17.8. The molecule has 0 aromatic carbocycles. The van der Waals surface area contributed by atoms with Crippen LogP contribution in [0.4, 0.5) is 0 Å². The average molecular weight is 374 g/mol. The fourth-order valence-electron chi connectivity index (χ4n) is 3.68. The van der Waals surface area contributed by atoms with Crippen LogP contribution in [-0.4, -0.2) is 21.6 Å². The summed E-state index contributed by atoms with van der Waals surface area (Å²) < 4.78 is 6.00. The van der Waals surface area contributed by atoms with Gasteiger partial charge in [0.2, 0.25) is 5.89 Å². The smallest absolute Gasteiger partial charge is 0.257 e. The summed E-state index contributed by atoms with van der Waals surface area (Å²) in [5, 5.41) is 10.8. The van der Waals surface area contributed by atoms with Crippen molar-refractivity contribution in [3.8, 4) is 10.8 Å². The molecule has 0 saturated heterocycles. The molecule has 1 aliphatic rings. The summed E-state index contributed by atoms with van der Waals surface area (Å²) >= 11 is 3.64. The Bertz CT molecular complexity index is 864. The highest BCUT2D eigenvalue weighted by atomic mass is 32.1. The second-order valence-electron chi connectivity index (χ2n) is 6.51. The van der Waals surface area contributed by atoms with Crippen LogP contribution in [0.25, 0.3) is 10.8 Å². The molecule has 4 heterocycles. The van der Waals surface area contributed by atoms with Crippen LogP contribution in [0.15, 0.2) is 21.9 Å². The zero-order valence-corrected chi connectivity index (χ0v) is 16.5. The number of thiophene rings is 2. The molecule has 4 rings (SSSR count). The van der Waals surface area contributed by atoms with Gasteiger partial charge in [0, 0.05) is 22.3 Å². The van der Waals surface area contributed by atoms with Crippen LogP contribution >= 0.6 is 22.7 Å². The third-order valence-electron chi connectivity index (χ3n) is 4.95. The number of rotatable bonds is 5. The third kappa shape index (κ3) is 3.18. The predicted octanol–water partition coefficient (Wildman–Crippen LogP) is 5.24. The number of nitrogens with zero attached hydrogens (tertiary/aromatic N) is 3. The second kappa shape index (κ2) is 7.02. The lowest BCUT2D eigenvalue weighted by Gasteiger charge is -2.34. The number of hydrogen-bond acceptors (Lipinski definition) is 6. The molecule has 0 N–H and O–H groups in total. The number of hydrogen-bond donors (Lipinski definition) is 0. The topological polar surface area (TPSA) is 42.2 Å². The van der Waals surface area contributed by atoms with Gasteiger partial charge in [0.25, 0.3) is 5.89 Å². The van der Waals surface area contributed by atoms with Gasteiger partial charge in [0.15, 0.2) is 0 Å². The maximum Gasteiger partial charge on any atom is 0.257 e. The van der Waals surface area contributed by atoms with Crippen molar-refractivity contribution in [2.24, 2.45) is 0 Å². The van der Waals surface area contributed by atoms with E-state index in [1.54, 1.807) is 11.3 Å². The molecule has 1 atom stereocenters. The second-order valence-corrected chi connectivity index (χ2v) is 8.65. The first-order chi connectivity index (χ1) is 12.2. The fraction of sp³-hybridized carbons (Fsp3) is 0.474. The van der Waals surface area contributed by atoms with Gasteiger partial charge in [-0.25, -0.2) is 0 Å². The van der Waals surface area contributed by atoms with Crippen LogP contribution in [0.3, 0.4) is 0 Å². The van der Waals surface area contributed by atoms with Crippen molar-refractivity contribution in [3.05, 3.63) is 44.3 Å². The van der Waals surface area contributed by atoms with Gasteiger partial charge >= 0.3 is 0 Å². The minimum atomic E-state index is 0.459.